The minimum Gasteiger partial charge on any atom is -0.507 e. The number of nitrogens with two attached hydrogens (primary N) is 1. The summed E-state index contributed by atoms with van der Waals surface area (Å²) in [6.45, 7) is 0. The average molecular weight is 214 g/mol. The Morgan fingerprint density at radius 3 is 3.00 bits per heavy atom. The van der Waals surface area contributed by atoms with E-state index in [1.54, 1.807) is 17.4 Å². The van der Waals surface area contributed by atoms with Crippen molar-refractivity contribution in [2.45, 2.75) is 5.88 Å². The van der Waals surface area contributed by atoms with Crippen molar-refractivity contribution in [3.63, 3.8) is 0 Å². The largest absolute Gasteiger partial charge is 0.507 e. The Morgan fingerprint density at radius 2 is 2.31 bits per heavy atom. The molecule has 0 spiro atoms. The van der Waals surface area contributed by atoms with Crippen LogP contribution in [0.1, 0.15) is 5.56 Å². The van der Waals surface area contributed by atoms with Crippen molar-refractivity contribution in [1.82, 2.24) is 0 Å². The molecule has 3 N–H and O–H groups in total. The number of hydrogen-bond donors (Lipinski definition) is 2. The van der Waals surface area contributed by atoms with E-state index >= 15 is 0 Å². The first-order valence-corrected chi connectivity index (χ1v) is 5.19. The van der Waals surface area contributed by atoms with E-state index in [2.05, 4.69) is 0 Å². The molecule has 0 aliphatic carbocycles. The minimum atomic E-state index is 0.183. The zero-order valence-corrected chi connectivity index (χ0v) is 8.32. The molecule has 68 valence electrons. The Balaban J connectivity index is 2.85. The lowest BCUT2D eigenvalue weighted by Gasteiger charge is -2.05. The summed E-state index contributed by atoms with van der Waals surface area (Å²) in [6.07, 6.45) is 0. The fourth-order valence-electron chi connectivity index (χ4n) is 1.31. The second kappa shape index (κ2) is 3.09. The van der Waals surface area contributed by atoms with E-state index in [0.717, 1.165) is 10.1 Å². The molecule has 0 saturated heterocycles. The number of halogens is 1. The number of phenolic OH excluding ortho intramolecular Hbond substituents is 1. The molecule has 0 atom stereocenters. The summed E-state index contributed by atoms with van der Waals surface area (Å²) in [5, 5.41) is 12.5. The molecular formula is C9H8ClNOS. The molecule has 0 saturated carbocycles. The van der Waals surface area contributed by atoms with Crippen molar-refractivity contribution in [3.8, 4) is 5.75 Å². The van der Waals surface area contributed by atoms with Gasteiger partial charge in [0.15, 0.2) is 0 Å². The summed E-state index contributed by atoms with van der Waals surface area (Å²) in [5.74, 6) is 0.422. The van der Waals surface area contributed by atoms with Crippen molar-refractivity contribution in [2.75, 3.05) is 5.73 Å². The lowest BCUT2D eigenvalue weighted by Crippen LogP contribution is -1.92. The van der Waals surface area contributed by atoms with E-state index < -0.39 is 0 Å². The summed E-state index contributed by atoms with van der Waals surface area (Å²) in [7, 11) is 0. The van der Waals surface area contributed by atoms with Crippen LogP contribution < -0.4 is 5.73 Å². The van der Waals surface area contributed by atoms with Crippen LogP contribution in [0.2, 0.25) is 0 Å². The van der Waals surface area contributed by atoms with Gasteiger partial charge < -0.3 is 10.8 Å². The SMILES string of the molecule is Nc1c(CCl)c(O)cc2sccc12. The van der Waals surface area contributed by atoms with Gasteiger partial charge in [-0.2, -0.15) is 0 Å². The highest BCUT2D eigenvalue weighted by Gasteiger charge is 2.09. The Kier molecular flexibility index (Phi) is 2.06. The molecule has 0 amide bonds. The predicted octanol–water partition coefficient (Wildman–Crippen LogP) is 2.93. The van der Waals surface area contributed by atoms with Crippen molar-refractivity contribution in [3.05, 3.63) is 23.1 Å². The molecule has 0 radical (unpaired) electrons. The van der Waals surface area contributed by atoms with Crippen LogP contribution in [-0.2, 0) is 5.88 Å². The molecule has 2 rings (SSSR count). The van der Waals surface area contributed by atoms with E-state index in [0.29, 0.717) is 11.3 Å². The fourth-order valence-corrected chi connectivity index (χ4v) is 2.42. The topological polar surface area (TPSA) is 46.2 Å². The average Bonchev–Trinajstić information content (AvgIpc) is 2.53. The summed E-state index contributed by atoms with van der Waals surface area (Å²) >= 11 is 7.22. The highest BCUT2D eigenvalue weighted by molar-refractivity contribution is 7.17. The highest BCUT2D eigenvalue weighted by Crippen LogP contribution is 2.35. The zero-order valence-electron chi connectivity index (χ0n) is 6.75. The third-order valence-corrected chi connectivity index (χ3v) is 3.15. The van der Waals surface area contributed by atoms with Gasteiger partial charge >= 0.3 is 0 Å². The number of anilines is 1. The molecule has 13 heavy (non-hydrogen) atoms. The van der Waals surface area contributed by atoms with Gasteiger partial charge in [-0.05, 0) is 17.5 Å². The fraction of sp³-hybridized carbons (Fsp3) is 0.111. The Labute approximate surface area is 84.6 Å². The maximum Gasteiger partial charge on any atom is 0.123 e. The standard InChI is InChI=1S/C9H8ClNOS/c10-4-6-7(12)3-8-5(9(6)11)1-2-13-8/h1-3,12H,4,11H2. The van der Waals surface area contributed by atoms with Crippen LogP contribution in [-0.4, -0.2) is 5.11 Å². The Hall–Kier alpha value is -0.930. The van der Waals surface area contributed by atoms with Gasteiger partial charge in [-0.25, -0.2) is 0 Å². The molecular weight excluding hydrogens is 206 g/mol. The molecule has 0 fully saturated rings. The molecule has 2 nitrogen and oxygen atoms in total. The van der Waals surface area contributed by atoms with Gasteiger partial charge in [0.2, 0.25) is 0 Å². The first-order valence-electron chi connectivity index (χ1n) is 3.77. The summed E-state index contributed by atoms with van der Waals surface area (Å²) in [4.78, 5) is 0. The molecule has 4 heteroatoms. The number of alkyl halides is 1. The van der Waals surface area contributed by atoms with Crippen LogP contribution in [0.5, 0.6) is 5.75 Å². The van der Waals surface area contributed by atoms with Crippen LogP contribution in [0.4, 0.5) is 5.69 Å². The highest BCUT2D eigenvalue weighted by atomic mass is 35.5. The van der Waals surface area contributed by atoms with E-state index in [1.165, 1.54) is 0 Å². The van der Waals surface area contributed by atoms with Crippen LogP contribution in [0, 0.1) is 0 Å². The van der Waals surface area contributed by atoms with Crippen LogP contribution in [0.25, 0.3) is 10.1 Å². The quantitative estimate of drug-likeness (QED) is 0.565. The normalized spacial score (nSPS) is 10.8. The number of thiophene rings is 1. The van der Waals surface area contributed by atoms with Crippen molar-refractivity contribution in [1.29, 1.82) is 0 Å². The van der Waals surface area contributed by atoms with Gasteiger partial charge in [0.1, 0.15) is 5.75 Å². The monoisotopic (exact) mass is 213 g/mol. The van der Waals surface area contributed by atoms with Gasteiger partial charge in [-0.1, -0.05) is 0 Å². The molecule has 0 unspecified atom stereocenters. The number of nitrogen functional groups attached to an aromatic ring is 1. The minimum absolute atomic E-state index is 0.183. The zero-order chi connectivity index (χ0) is 9.42. The molecule has 0 aliphatic rings. The second-order valence-electron chi connectivity index (χ2n) is 2.75. The molecule has 1 aromatic carbocycles. The van der Waals surface area contributed by atoms with Gasteiger partial charge in [0.25, 0.3) is 0 Å². The third-order valence-electron chi connectivity index (χ3n) is 2.02. The number of hydrogen-bond acceptors (Lipinski definition) is 3. The maximum absolute atomic E-state index is 9.55. The molecule has 1 aromatic heterocycles. The van der Waals surface area contributed by atoms with Crippen molar-refractivity contribution >= 4 is 38.7 Å². The Bertz CT molecular complexity index is 452. The molecule has 2 aromatic rings. The first-order chi connectivity index (χ1) is 6.24. The predicted molar refractivity (Wildman–Crippen MR) is 57.5 cm³/mol. The lowest BCUT2D eigenvalue weighted by molar-refractivity contribution is 0.472. The van der Waals surface area contributed by atoms with Gasteiger partial charge in [0.05, 0.1) is 5.88 Å². The number of fused-ring (bicyclic) bond motifs is 1. The van der Waals surface area contributed by atoms with Gasteiger partial charge in [-0.15, -0.1) is 22.9 Å². The smallest absolute Gasteiger partial charge is 0.123 e. The lowest BCUT2D eigenvalue weighted by atomic mass is 10.1. The number of rotatable bonds is 1. The van der Waals surface area contributed by atoms with Gasteiger partial charge in [-0.3, -0.25) is 0 Å². The summed E-state index contributed by atoms with van der Waals surface area (Å²) in [6, 6.07) is 3.64. The molecule has 1 heterocycles. The first kappa shape index (κ1) is 8.66. The van der Waals surface area contributed by atoms with Gasteiger partial charge in [0, 0.05) is 21.3 Å². The van der Waals surface area contributed by atoms with E-state index in [-0.39, 0.29) is 11.6 Å². The maximum atomic E-state index is 9.55. The van der Waals surface area contributed by atoms with Crippen LogP contribution in [0.3, 0.4) is 0 Å². The van der Waals surface area contributed by atoms with Crippen LogP contribution in [0.15, 0.2) is 17.5 Å². The van der Waals surface area contributed by atoms with E-state index in [4.69, 9.17) is 17.3 Å². The van der Waals surface area contributed by atoms with Crippen molar-refractivity contribution in [2.24, 2.45) is 0 Å². The van der Waals surface area contributed by atoms with E-state index in [9.17, 15) is 5.11 Å². The number of benzene rings is 1. The molecule has 0 aliphatic heterocycles. The second-order valence-corrected chi connectivity index (χ2v) is 3.97. The third kappa shape index (κ3) is 1.24. The summed E-state index contributed by atoms with van der Waals surface area (Å²) in [5.41, 5.74) is 7.04. The van der Waals surface area contributed by atoms with E-state index in [1.807, 2.05) is 11.4 Å². The Morgan fingerprint density at radius 1 is 1.54 bits per heavy atom. The summed E-state index contributed by atoms with van der Waals surface area (Å²) < 4.78 is 0.990. The van der Waals surface area contributed by atoms with Crippen molar-refractivity contribution < 1.29 is 5.11 Å². The molecule has 0 bridgehead atoms. The van der Waals surface area contributed by atoms with Crippen LogP contribution >= 0.6 is 22.9 Å². The number of aromatic hydroxyl groups is 1. The number of phenols is 1.